The van der Waals surface area contributed by atoms with E-state index in [0.29, 0.717) is 6.04 Å². The van der Waals surface area contributed by atoms with E-state index in [9.17, 15) is 0 Å². The van der Waals surface area contributed by atoms with Crippen LogP contribution in [0.2, 0.25) is 0 Å². The van der Waals surface area contributed by atoms with Crippen LogP contribution in [0.15, 0.2) is 34.9 Å². The third-order valence-electron chi connectivity index (χ3n) is 3.58. The summed E-state index contributed by atoms with van der Waals surface area (Å²) in [6.07, 6.45) is 2.11. The third kappa shape index (κ3) is 4.17. The van der Waals surface area contributed by atoms with Crippen LogP contribution >= 0.6 is 15.9 Å². The average Bonchev–Trinajstić information content (AvgIpc) is 2.78. The Bertz CT molecular complexity index is 593. The van der Waals surface area contributed by atoms with E-state index < -0.39 is 0 Å². The Morgan fingerprint density at radius 3 is 2.43 bits per heavy atom. The third-order valence-corrected chi connectivity index (χ3v) is 4.11. The predicted molar refractivity (Wildman–Crippen MR) is 91.3 cm³/mol. The van der Waals surface area contributed by atoms with Crippen LogP contribution in [0.3, 0.4) is 0 Å². The van der Waals surface area contributed by atoms with Crippen molar-refractivity contribution in [1.82, 2.24) is 15.1 Å². The highest BCUT2D eigenvalue weighted by Crippen LogP contribution is 2.25. The maximum absolute atomic E-state index is 4.61. The number of nitrogens with one attached hydrogen (secondary N) is 1. The van der Waals surface area contributed by atoms with Crippen LogP contribution < -0.4 is 5.32 Å². The van der Waals surface area contributed by atoms with Gasteiger partial charge in [-0.05, 0) is 24.6 Å². The maximum Gasteiger partial charge on any atom is 0.0722 e. The van der Waals surface area contributed by atoms with Crippen LogP contribution in [0, 0.1) is 0 Å². The van der Waals surface area contributed by atoms with Crippen LogP contribution in [-0.4, -0.2) is 9.78 Å². The molecule has 2 aromatic rings. The molecule has 0 unspecified atom stereocenters. The minimum atomic E-state index is 0.0686. The van der Waals surface area contributed by atoms with E-state index >= 15 is 0 Å². The number of rotatable bonds is 4. The zero-order valence-electron chi connectivity index (χ0n) is 13.4. The first-order valence-electron chi connectivity index (χ1n) is 7.29. The Labute approximate surface area is 135 Å². The van der Waals surface area contributed by atoms with Gasteiger partial charge in [-0.15, -0.1) is 0 Å². The van der Waals surface area contributed by atoms with E-state index in [0.717, 1.165) is 11.0 Å². The van der Waals surface area contributed by atoms with E-state index in [1.165, 1.54) is 16.8 Å². The number of hydrogen-bond acceptors (Lipinski definition) is 2. The summed E-state index contributed by atoms with van der Waals surface area (Å²) < 4.78 is 3.02. The molecule has 0 saturated heterocycles. The van der Waals surface area contributed by atoms with Crippen LogP contribution in [0.25, 0.3) is 0 Å². The van der Waals surface area contributed by atoms with E-state index in [2.05, 4.69) is 84.5 Å². The molecule has 1 aromatic heterocycles. The lowest BCUT2D eigenvalue weighted by Crippen LogP contribution is -2.21. The summed E-state index contributed by atoms with van der Waals surface area (Å²) in [7, 11) is 1.98. The number of halogens is 1. The molecule has 2 rings (SSSR count). The molecule has 0 saturated carbocycles. The molecule has 3 nitrogen and oxygen atoms in total. The minimum absolute atomic E-state index is 0.0686. The molecular formula is C17H24BrN3. The summed E-state index contributed by atoms with van der Waals surface area (Å²) in [5, 5.41) is 8.21. The highest BCUT2D eigenvalue weighted by atomic mass is 79.9. The van der Waals surface area contributed by atoms with Crippen LogP contribution in [0.4, 0.5) is 0 Å². The zero-order valence-corrected chi connectivity index (χ0v) is 15.0. The smallest absolute Gasteiger partial charge is 0.0722 e. The molecular weight excluding hydrogens is 326 g/mol. The lowest BCUT2D eigenvalue weighted by Gasteiger charge is -2.19. The molecule has 21 heavy (non-hydrogen) atoms. The summed E-state index contributed by atoms with van der Waals surface area (Å²) in [6.45, 7) is 9.64. The topological polar surface area (TPSA) is 29.9 Å². The second-order valence-electron chi connectivity index (χ2n) is 6.58. The van der Waals surface area contributed by atoms with Crippen LogP contribution in [-0.2, 0) is 19.0 Å². The summed E-state index contributed by atoms with van der Waals surface area (Å²) in [5.41, 5.74) is 3.80. The Hall–Kier alpha value is -1.13. The van der Waals surface area contributed by atoms with Gasteiger partial charge in [-0.25, -0.2) is 0 Å². The normalized spacial score (nSPS) is 13.4. The second-order valence-corrected chi connectivity index (χ2v) is 7.50. The average molecular weight is 350 g/mol. The Kier molecular flexibility index (Phi) is 4.89. The zero-order chi connectivity index (χ0) is 15.6. The van der Waals surface area contributed by atoms with Gasteiger partial charge in [0.05, 0.1) is 5.69 Å². The van der Waals surface area contributed by atoms with Gasteiger partial charge in [0.15, 0.2) is 0 Å². The van der Waals surface area contributed by atoms with Crippen LogP contribution in [0.1, 0.15) is 50.6 Å². The van der Waals surface area contributed by atoms with E-state index in [1.807, 2.05) is 11.7 Å². The fourth-order valence-electron chi connectivity index (χ4n) is 2.43. The minimum Gasteiger partial charge on any atom is -0.306 e. The molecule has 0 bridgehead atoms. The largest absolute Gasteiger partial charge is 0.306 e. The van der Waals surface area contributed by atoms with E-state index in [1.54, 1.807) is 0 Å². The number of hydrogen-bond donors (Lipinski definition) is 1. The first-order valence-corrected chi connectivity index (χ1v) is 8.08. The molecule has 1 atom stereocenters. The molecule has 0 aliphatic rings. The van der Waals surface area contributed by atoms with Gasteiger partial charge in [-0.2, -0.15) is 5.10 Å². The molecule has 1 heterocycles. The lowest BCUT2D eigenvalue weighted by atomic mass is 9.89. The summed E-state index contributed by atoms with van der Waals surface area (Å²) in [5.74, 6) is 0. The van der Waals surface area contributed by atoms with Crippen LogP contribution in [0.5, 0.6) is 0 Å². The van der Waals surface area contributed by atoms with Crippen molar-refractivity contribution in [3.05, 3.63) is 51.8 Å². The number of nitrogens with zero attached hydrogens (tertiary/aromatic N) is 2. The highest BCUT2D eigenvalue weighted by Gasteiger charge is 2.21. The van der Waals surface area contributed by atoms with Gasteiger partial charge < -0.3 is 5.32 Å². The summed E-state index contributed by atoms with van der Waals surface area (Å²) in [6, 6.07) is 8.77. The van der Waals surface area contributed by atoms with Gasteiger partial charge in [0.1, 0.15) is 0 Å². The molecule has 4 heteroatoms. The Morgan fingerprint density at radius 2 is 1.86 bits per heavy atom. The first kappa shape index (κ1) is 16.2. The Balaban J connectivity index is 2.08. The van der Waals surface area contributed by atoms with Gasteiger partial charge in [-0.3, -0.25) is 4.68 Å². The monoisotopic (exact) mass is 349 g/mol. The number of aromatic nitrogens is 2. The maximum atomic E-state index is 4.61. The van der Waals surface area contributed by atoms with Crippen molar-refractivity contribution in [2.75, 3.05) is 0 Å². The molecule has 0 spiro atoms. The molecule has 1 aromatic carbocycles. The van der Waals surface area contributed by atoms with Crippen molar-refractivity contribution < 1.29 is 0 Å². The van der Waals surface area contributed by atoms with Crippen molar-refractivity contribution in [3.63, 3.8) is 0 Å². The van der Waals surface area contributed by atoms with Gasteiger partial charge >= 0.3 is 0 Å². The standard InChI is InChI=1S/C17H24BrN3/c1-12(13-6-8-15(18)9-7-13)19-10-14-11-21(5)20-16(14)17(2,3)4/h6-9,11-12,19H,10H2,1-5H3/t12-/m1/s1. The van der Waals surface area contributed by atoms with Gasteiger partial charge in [0.2, 0.25) is 0 Å². The highest BCUT2D eigenvalue weighted by molar-refractivity contribution is 9.10. The van der Waals surface area contributed by atoms with Crippen molar-refractivity contribution in [3.8, 4) is 0 Å². The van der Waals surface area contributed by atoms with Gasteiger partial charge in [0, 0.05) is 41.3 Å². The number of aryl methyl sites for hydroxylation is 1. The molecule has 1 N–H and O–H groups in total. The van der Waals surface area contributed by atoms with Crippen molar-refractivity contribution >= 4 is 15.9 Å². The fraction of sp³-hybridized carbons (Fsp3) is 0.471. The van der Waals surface area contributed by atoms with Crippen molar-refractivity contribution in [2.45, 2.75) is 45.7 Å². The summed E-state index contributed by atoms with van der Waals surface area (Å²) in [4.78, 5) is 0. The quantitative estimate of drug-likeness (QED) is 0.889. The Morgan fingerprint density at radius 1 is 1.24 bits per heavy atom. The van der Waals surface area contributed by atoms with Gasteiger partial charge in [0.25, 0.3) is 0 Å². The fourth-order valence-corrected chi connectivity index (χ4v) is 2.70. The second kappa shape index (κ2) is 6.32. The van der Waals surface area contributed by atoms with E-state index in [4.69, 9.17) is 0 Å². The summed E-state index contributed by atoms with van der Waals surface area (Å²) >= 11 is 3.47. The van der Waals surface area contributed by atoms with Crippen molar-refractivity contribution in [1.29, 1.82) is 0 Å². The molecule has 0 aliphatic carbocycles. The number of benzene rings is 1. The SMILES string of the molecule is C[C@@H](NCc1cn(C)nc1C(C)(C)C)c1ccc(Br)cc1. The molecule has 0 fully saturated rings. The molecule has 0 radical (unpaired) electrons. The first-order chi connectivity index (χ1) is 9.77. The molecule has 0 amide bonds. The molecule has 0 aliphatic heterocycles. The van der Waals surface area contributed by atoms with Gasteiger partial charge in [-0.1, -0.05) is 48.8 Å². The predicted octanol–water partition coefficient (Wildman–Crippen LogP) is 4.33. The molecule has 114 valence electrons. The lowest BCUT2D eigenvalue weighted by molar-refractivity contribution is 0.531. The van der Waals surface area contributed by atoms with E-state index in [-0.39, 0.29) is 5.41 Å². The van der Waals surface area contributed by atoms with Crippen molar-refractivity contribution in [2.24, 2.45) is 7.05 Å².